The molecule has 2 aromatic rings. The summed E-state index contributed by atoms with van der Waals surface area (Å²) in [7, 11) is 0. The molecule has 0 spiro atoms. The largest absolute Gasteiger partial charge is 0.465 e. The van der Waals surface area contributed by atoms with E-state index in [1.165, 1.54) is 12.1 Å². The van der Waals surface area contributed by atoms with E-state index >= 15 is 0 Å². The van der Waals surface area contributed by atoms with E-state index in [4.69, 9.17) is 9.15 Å². The van der Waals surface area contributed by atoms with Crippen LogP contribution in [0.25, 0.3) is 0 Å². The molecule has 3 rings (SSSR count). The topological polar surface area (TPSA) is 37.6 Å². The summed E-state index contributed by atoms with van der Waals surface area (Å²) < 4.78 is 49.7. The highest BCUT2D eigenvalue weighted by molar-refractivity contribution is 5.25. The van der Waals surface area contributed by atoms with Gasteiger partial charge in [-0.05, 0) is 30.7 Å². The third-order valence-corrected chi connectivity index (χ3v) is 4.50. The van der Waals surface area contributed by atoms with E-state index in [1.54, 1.807) is 6.07 Å². The van der Waals surface area contributed by atoms with Gasteiger partial charge in [0.1, 0.15) is 11.5 Å². The molecule has 0 radical (unpaired) electrons. The van der Waals surface area contributed by atoms with Crippen LogP contribution < -0.4 is 5.32 Å². The quantitative estimate of drug-likeness (QED) is 0.842. The van der Waals surface area contributed by atoms with Crippen LogP contribution >= 0.6 is 0 Å². The summed E-state index contributed by atoms with van der Waals surface area (Å²) in [6.07, 6.45) is -4.32. The second kappa shape index (κ2) is 8.24. The van der Waals surface area contributed by atoms with Crippen LogP contribution in [0.3, 0.4) is 0 Å². The fraction of sp³-hybridized carbons (Fsp3) is 0.474. The van der Waals surface area contributed by atoms with Gasteiger partial charge in [0.15, 0.2) is 0 Å². The Morgan fingerprint density at radius 2 is 1.92 bits per heavy atom. The Balaban J connectivity index is 1.64. The van der Waals surface area contributed by atoms with Crippen LogP contribution in [0.5, 0.6) is 0 Å². The number of alkyl halides is 3. The highest BCUT2D eigenvalue weighted by atomic mass is 19.4. The number of nitrogens with one attached hydrogen (secondary N) is 1. The van der Waals surface area contributed by atoms with Crippen molar-refractivity contribution in [3.63, 3.8) is 0 Å². The highest BCUT2D eigenvalue weighted by Crippen LogP contribution is 2.29. The average Bonchev–Trinajstić information content (AvgIpc) is 3.05. The summed E-state index contributed by atoms with van der Waals surface area (Å²) in [6.45, 7) is 5.79. The molecular formula is C19H23F3N2O2. The predicted octanol–water partition coefficient (Wildman–Crippen LogP) is 3.77. The molecule has 1 aliphatic heterocycles. The van der Waals surface area contributed by atoms with Gasteiger partial charge >= 0.3 is 6.18 Å². The van der Waals surface area contributed by atoms with Gasteiger partial charge in [-0.3, -0.25) is 4.90 Å². The zero-order chi connectivity index (χ0) is 18.6. The lowest BCUT2D eigenvalue weighted by molar-refractivity contribution is -0.137. The first-order valence-corrected chi connectivity index (χ1v) is 8.68. The minimum absolute atomic E-state index is 0.0263. The fourth-order valence-corrected chi connectivity index (χ4v) is 3.14. The number of hydrogen-bond acceptors (Lipinski definition) is 4. The van der Waals surface area contributed by atoms with E-state index in [1.807, 2.05) is 19.1 Å². The molecule has 142 valence electrons. The molecule has 1 atom stereocenters. The summed E-state index contributed by atoms with van der Waals surface area (Å²) in [5.74, 6) is 1.71. The maximum atomic E-state index is 12.8. The van der Waals surface area contributed by atoms with Crippen molar-refractivity contribution in [1.29, 1.82) is 0 Å². The molecule has 1 aliphatic rings. The van der Waals surface area contributed by atoms with Crippen LogP contribution in [0.4, 0.5) is 13.2 Å². The van der Waals surface area contributed by atoms with E-state index in [0.717, 1.165) is 30.7 Å². The number of nitrogens with zero attached hydrogens (tertiary/aromatic N) is 1. The van der Waals surface area contributed by atoms with Gasteiger partial charge in [-0.15, -0.1) is 0 Å². The van der Waals surface area contributed by atoms with Crippen molar-refractivity contribution in [2.45, 2.75) is 25.7 Å². The van der Waals surface area contributed by atoms with Crippen LogP contribution in [-0.4, -0.2) is 37.7 Å². The number of ether oxygens (including phenoxy) is 1. The number of furan rings is 1. The van der Waals surface area contributed by atoms with Gasteiger partial charge in [-0.2, -0.15) is 13.2 Å². The van der Waals surface area contributed by atoms with Crippen molar-refractivity contribution >= 4 is 0 Å². The van der Waals surface area contributed by atoms with Crippen LogP contribution in [-0.2, 0) is 17.5 Å². The number of hydrogen-bond donors (Lipinski definition) is 1. The predicted molar refractivity (Wildman–Crippen MR) is 91.7 cm³/mol. The fourth-order valence-electron chi connectivity index (χ4n) is 3.14. The summed E-state index contributed by atoms with van der Waals surface area (Å²) in [5, 5.41) is 3.28. The third-order valence-electron chi connectivity index (χ3n) is 4.50. The number of halogens is 3. The zero-order valence-electron chi connectivity index (χ0n) is 14.7. The summed E-state index contributed by atoms with van der Waals surface area (Å²) in [4.78, 5) is 2.28. The van der Waals surface area contributed by atoms with Crippen molar-refractivity contribution in [3.8, 4) is 0 Å². The Hall–Kier alpha value is -1.83. The molecule has 0 amide bonds. The van der Waals surface area contributed by atoms with Gasteiger partial charge in [0.05, 0.1) is 24.8 Å². The van der Waals surface area contributed by atoms with Gasteiger partial charge in [0.25, 0.3) is 0 Å². The molecular weight excluding hydrogens is 345 g/mol. The molecule has 1 fully saturated rings. The van der Waals surface area contributed by atoms with E-state index < -0.39 is 11.7 Å². The van der Waals surface area contributed by atoms with Crippen molar-refractivity contribution < 1.29 is 22.3 Å². The number of benzene rings is 1. The normalized spacial score (nSPS) is 17.4. The van der Waals surface area contributed by atoms with Crippen molar-refractivity contribution in [1.82, 2.24) is 10.2 Å². The van der Waals surface area contributed by atoms with Gasteiger partial charge in [-0.25, -0.2) is 0 Å². The standard InChI is InChI=1S/C19H23F3N2O2/c1-14-5-6-18(26-14)17(24-7-9-25-10-8-24)13-23-12-15-3-2-4-16(11-15)19(20,21)22/h2-6,11,17,23H,7-10,12-13H2,1H3. The lowest BCUT2D eigenvalue weighted by Gasteiger charge is -2.33. The minimum atomic E-state index is -4.32. The van der Waals surface area contributed by atoms with Crippen LogP contribution in [0.2, 0.25) is 0 Å². The number of rotatable bonds is 6. The smallest absolute Gasteiger partial charge is 0.416 e. The molecule has 1 aromatic carbocycles. The molecule has 1 aromatic heterocycles. The third kappa shape index (κ3) is 4.87. The van der Waals surface area contributed by atoms with E-state index in [-0.39, 0.29) is 6.04 Å². The first-order chi connectivity index (χ1) is 12.4. The monoisotopic (exact) mass is 368 g/mol. The Kier molecular flexibility index (Phi) is 6.01. The zero-order valence-corrected chi connectivity index (χ0v) is 14.7. The lowest BCUT2D eigenvalue weighted by Crippen LogP contribution is -2.42. The SMILES string of the molecule is Cc1ccc(C(CNCc2cccc(C(F)(F)F)c2)N2CCOCC2)o1. The van der Waals surface area contributed by atoms with Crippen molar-refractivity contribution in [2.24, 2.45) is 0 Å². The van der Waals surface area contributed by atoms with E-state index in [0.29, 0.717) is 31.9 Å². The second-order valence-electron chi connectivity index (χ2n) is 6.44. The summed E-state index contributed by atoms with van der Waals surface area (Å²) >= 11 is 0. The Morgan fingerprint density at radius 3 is 2.58 bits per heavy atom. The lowest BCUT2D eigenvalue weighted by atomic mass is 10.1. The molecule has 0 bridgehead atoms. The highest BCUT2D eigenvalue weighted by Gasteiger charge is 2.30. The molecule has 1 unspecified atom stereocenters. The first-order valence-electron chi connectivity index (χ1n) is 8.68. The summed E-state index contributed by atoms with van der Waals surface area (Å²) in [5.41, 5.74) is -0.0145. The molecule has 1 saturated heterocycles. The number of aryl methyl sites for hydroxylation is 1. The van der Waals surface area contributed by atoms with Gasteiger partial charge in [0, 0.05) is 26.2 Å². The molecule has 0 saturated carbocycles. The second-order valence-corrected chi connectivity index (χ2v) is 6.44. The van der Waals surface area contributed by atoms with Gasteiger partial charge in [-0.1, -0.05) is 18.2 Å². The molecule has 4 nitrogen and oxygen atoms in total. The van der Waals surface area contributed by atoms with Gasteiger partial charge < -0.3 is 14.5 Å². The first kappa shape index (κ1) is 18.9. The maximum Gasteiger partial charge on any atom is 0.416 e. The van der Waals surface area contributed by atoms with Crippen LogP contribution in [0.15, 0.2) is 40.8 Å². The Bertz CT molecular complexity index is 709. The number of morpholine rings is 1. The molecule has 1 N–H and O–H groups in total. The van der Waals surface area contributed by atoms with Crippen molar-refractivity contribution in [3.05, 3.63) is 59.0 Å². The minimum Gasteiger partial charge on any atom is -0.465 e. The van der Waals surface area contributed by atoms with Crippen LogP contribution in [0.1, 0.15) is 28.7 Å². The molecule has 0 aliphatic carbocycles. The molecule has 7 heteroatoms. The molecule has 26 heavy (non-hydrogen) atoms. The Labute approximate surface area is 150 Å². The average molecular weight is 368 g/mol. The Morgan fingerprint density at radius 1 is 1.15 bits per heavy atom. The maximum absolute atomic E-state index is 12.8. The van der Waals surface area contributed by atoms with Gasteiger partial charge in [0.2, 0.25) is 0 Å². The van der Waals surface area contributed by atoms with Crippen LogP contribution in [0, 0.1) is 6.92 Å². The van der Waals surface area contributed by atoms with Crippen molar-refractivity contribution in [2.75, 3.05) is 32.8 Å². The van der Waals surface area contributed by atoms with E-state index in [9.17, 15) is 13.2 Å². The summed E-state index contributed by atoms with van der Waals surface area (Å²) in [6, 6.07) is 9.33. The van der Waals surface area contributed by atoms with E-state index in [2.05, 4.69) is 10.2 Å². The molecule has 2 heterocycles.